The van der Waals surface area contributed by atoms with Gasteiger partial charge in [-0.1, -0.05) is 13.3 Å². The minimum atomic E-state index is -0.391. The van der Waals surface area contributed by atoms with Crippen molar-refractivity contribution >= 4 is 0 Å². The molecule has 106 valence electrons. The Morgan fingerprint density at radius 1 is 1.06 bits per heavy atom. The second kappa shape index (κ2) is 15.8. The predicted octanol–water partition coefficient (Wildman–Crippen LogP) is 0.560. The van der Waals surface area contributed by atoms with E-state index in [-0.39, 0.29) is 19.3 Å². The monoisotopic (exact) mass is 252 g/mol. The number of hydrogen-bond acceptors (Lipinski definition) is 5. The Morgan fingerprint density at radius 3 is 2.06 bits per heavy atom. The third-order valence-electron chi connectivity index (χ3n) is 1.72. The zero-order valence-electron chi connectivity index (χ0n) is 11.3. The summed E-state index contributed by atoms with van der Waals surface area (Å²) in [5.41, 5.74) is 0. The SMILES string of the molecule is CCCCOCC(C)OCC(C)O.OCCO. The van der Waals surface area contributed by atoms with Crippen molar-refractivity contribution in [3.05, 3.63) is 0 Å². The van der Waals surface area contributed by atoms with Gasteiger partial charge in [-0.3, -0.25) is 0 Å². The molecule has 17 heavy (non-hydrogen) atoms. The van der Waals surface area contributed by atoms with Gasteiger partial charge in [0.1, 0.15) is 0 Å². The normalized spacial score (nSPS) is 13.8. The van der Waals surface area contributed by atoms with Crippen molar-refractivity contribution in [2.24, 2.45) is 0 Å². The summed E-state index contributed by atoms with van der Waals surface area (Å²) in [6, 6.07) is 0. The first-order valence-electron chi connectivity index (χ1n) is 6.17. The van der Waals surface area contributed by atoms with Crippen LogP contribution in [-0.4, -0.2) is 60.6 Å². The van der Waals surface area contributed by atoms with E-state index in [4.69, 9.17) is 24.8 Å². The lowest BCUT2D eigenvalue weighted by Gasteiger charge is -2.14. The van der Waals surface area contributed by atoms with Crippen molar-refractivity contribution in [2.75, 3.05) is 33.0 Å². The summed E-state index contributed by atoms with van der Waals surface area (Å²) < 4.78 is 10.7. The smallest absolute Gasteiger partial charge is 0.0781 e. The summed E-state index contributed by atoms with van der Waals surface area (Å²) in [4.78, 5) is 0. The van der Waals surface area contributed by atoms with E-state index in [2.05, 4.69) is 6.92 Å². The first-order chi connectivity index (χ1) is 8.08. The summed E-state index contributed by atoms with van der Waals surface area (Å²) in [6.45, 7) is 7.36. The molecule has 2 atom stereocenters. The molecule has 0 aliphatic heterocycles. The van der Waals surface area contributed by atoms with Crippen molar-refractivity contribution in [2.45, 2.75) is 45.8 Å². The van der Waals surface area contributed by atoms with Crippen LogP contribution in [0, 0.1) is 0 Å². The van der Waals surface area contributed by atoms with Crippen LogP contribution in [0.4, 0.5) is 0 Å². The van der Waals surface area contributed by atoms with Crippen LogP contribution in [0.3, 0.4) is 0 Å². The Morgan fingerprint density at radius 2 is 1.65 bits per heavy atom. The van der Waals surface area contributed by atoms with E-state index in [9.17, 15) is 0 Å². The quantitative estimate of drug-likeness (QED) is 0.523. The Balaban J connectivity index is 0. The van der Waals surface area contributed by atoms with Crippen molar-refractivity contribution < 1.29 is 24.8 Å². The Bertz CT molecular complexity index is 128. The average Bonchev–Trinajstić information content (AvgIpc) is 2.32. The summed E-state index contributed by atoms with van der Waals surface area (Å²) in [5, 5.41) is 24.2. The highest BCUT2D eigenvalue weighted by Gasteiger charge is 2.03. The highest BCUT2D eigenvalue weighted by Crippen LogP contribution is 1.95. The van der Waals surface area contributed by atoms with E-state index in [1.165, 1.54) is 0 Å². The minimum absolute atomic E-state index is 0.0754. The lowest BCUT2D eigenvalue weighted by molar-refractivity contribution is -0.0367. The first kappa shape index (κ1) is 19.1. The number of aliphatic hydroxyl groups is 3. The number of rotatable bonds is 9. The van der Waals surface area contributed by atoms with Crippen LogP contribution in [0.25, 0.3) is 0 Å². The second-order valence-electron chi connectivity index (χ2n) is 3.87. The molecule has 0 aromatic carbocycles. The predicted molar refractivity (Wildman–Crippen MR) is 67.0 cm³/mol. The van der Waals surface area contributed by atoms with Gasteiger partial charge in [0, 0.05) is 6.61 Å². The van der Waals surface area contributed by atoms with E-state index < -0.39 is 6.10 Å². The zero-order valence-corrected chi connectivity index (χ0v) is 11.3. The molecule has 0 radical (unpaired) electrons. The van der Waals surface area contributed by atoms with Gasteiger partial charge in [0.05, 0.1) is 38.6 Å². The Kier molecular flexibility index (Phi) is 17.8. The highest BCUT2D eigenvalue weighted by molar-refractivity contribution is 4.50. The summed E-state index contributed by atoms with van der Waals surface area (Å²) >= 11 is 0. The molecule has 0 rings (SSSR count). The average molecular weight is 252 g/mol. The summed E-state index contributed by atoms with van der Waals surface area (Å²) in [5.74, 6) is 0. The van der Waals surface area contributed by atoms with Crippen molar-refractivity contribution in [1.29, 1.82) is 0 Å². The molecule has 0 aromatic rings. The van der Waals surface area contributed by atoms with Gasteiger partial charge < -0.3 is 24.8 Å². The number of ether oxygens (including phenoxy) is 2. The maximum Gasteiger partial charge on any atom is 0.0781 e. The third kappa shape index (κ3) is 21.6. The molecule has 0 heterocycles. The van der Waals surface area contributed by atoms with Gasteiger partial charge in [-0.2, -0.15) is 0 Å². The Hall–Kier alpha value is -0.200. The molecule has 0 amide bonds. The van der Waals surface area contributed by atoms with Crippen LogP contribution in [0.15, 0.2) is 0 Å². The maximum atomic E-state index is 8.95. The molecule has 2 unspecified atom stereocenters. The van der Waals surface area contributed by atoms with Gasteiger partial charge in [0.15, 0.2) is 0 Å². The molecule has 5 heteroatoms. The van der Waals surface area contributed by atoms with Crippen molar-refractivity contribution in [1.82, 2.24) is 0 Å². The number of unbranched alkanes of at least 4 members (excludes halogenated alkanes) is 1. The van der Waals surface area contributed by atoms with E-state index in [1.807, 2.05) is 6.92 Å². The highest BCUT2D eigenvalue weighted by atomic mass is 16.5. The van der Waals surface area contributed by atoms with Crippen LogP contribution in [0.2, 0.25) is 0 Å². The van der Waals surface area contributed by atoms with Crippen LogP contribution in [0.5, 0.6) is 0 Å². The van der Waals surface area contributed by atoms with Gasteiger partial charge in [0.25, 0.3) is 0 Å². The fraction of sp³-hybridized carbons (Fsp3) is 1.00. The third-order valence-corrected chi connectivity index (χ3v) is 1.72. The molecule has 0 bridgehead atoms. The molecule has 5 nitrogen and oxygen atoms in total. The van der Waals surface area contributed by atoms with E-state index in [0.717, 1.165) is 19.4 Å². The topological polar surface area (TPSA) is 79.2 Å². The fourth-order valence-electron chi connectivity index (χ4n) is 0.847. The molecule has 0 saturated heterocycles. The van der Waals surface area contributed by atoms with E-state index >= 15 is 0 Å². The lowest BCUT2D eigenvalue weighted by Crippen LogP contribution is -2.21. The van der Waals surface area contributed by atoms with Gasteiger partial charge >= 0.3 is 0 Å². The first-order valence-corrected chi connectivity index (χ1v) is 6.17. The van der Waals surface area contributed by atoms with Crippen LogP contribution < -0.4 is 0 Å². The standard InChI is InChI=1S/C10H22O3.C2H6O2/c1-4-5-6-12-8-10(3)13-7-9(2)11;3-1-2-4/h9-11H,4-8H2,1-3H3;3-4H,1-2H2. The fourth-order valence-corrected chi connectivity index (χ4v) is 0.847. The van der Waals surface area contributed by atoms with E-state index in [0.29, 0.717) is 13.2 Å². The second-order valence-corrected chi connectivity index (χ2v) is 3.87. The van der Waals surface area contributed by atoms with Gasteiger partial charge in [0.2, 0.25) is 0 Å². The molecular formula is C12H28O5. The largest absolute Gasteiger partial charge is 0.394 e. The molecule has 0 aromatic heterocycles. The summed E-state index contributed by atoms with van der Waals surface area (Å²) in [6.07, 6.45) is 1.94. The molecule has 0 saturated carbocycles. The summed E-state index contributed by atoms with van der Waals surface area (Å²) in [7, 11) is 0. The minimum Gasteiger partial charge on any atom is -0.394 e. The van der Waals surface area contributed by atoms with Gasteiger partial charge in [-0.25, -0.2) is 0 Å². The lowest BCUT2D eigenvalue weighted by atomic mass is 10.3. The molecule has 0 fully saturated rings. The maximum absolute atomic E-state index is 8.95. The van der Waals surface area contributed by atoms with Crippen LogP contribution in [0.1, 0.15) is 33.6 Å². The number of hydrogen-bond donors (Lipinski definition) is 3. The molecule has 0 aliphatic rings. The van der Waals surface area contributed by atoms with Crippen molar-refractivity contribution in [3.8, 4) is 0 Å². The zero-order chi connectivity index (χ0) is 13.5. The van der Waals surface area contributed by atoms with Crippen LogP contribution in [-0.2, 0) is 9.47 Å². The van der Waals surface area contributed by atoms with Gasteiger partial charge in [-0.15, -0.1) is 0 Å². The number of aliphatic hydroxyl groups excluding tert-OH is 3. The van der Waals surface area contributed by atoms with E-state index in [1.54, 1.807) is 6.92 Å². The Labute approximate surface area is 104 Å². The molecule has 3 N–H and O–H groups in total. The molecular weight excluding hydrogens is 224 g/mol. The van der Waals surface area contributed by atoms with Crippen molar-refractivity contribution in [3.63, 3.8) is 0 Å². The van der Waals surface area contributed by atoms with Gasteiger partial charge in [-0.05, 0) is 20.3 Å². The molecule has 0 aliphatic carbocycles. The van der Waals surface area contributed by atoms with Crippen LogP contribution >= 0.6 is 0 Å². The molecule has 0 spiro atoms.